The third kappa shape index (κ3) is 4.29. The van der Waals surface area contributed by atoms with E-state index in [0.29, 0.717) is 11.6 Å². The van der Waals surface area contributed by atoms with Gasteiger partial charge in [0.15, 0.2) is 0 Å². The van der Waals surface area contributed by atoms with Crippen molar-refractivity contribution in [3.05, 3.63) is 101 Å². The minimum atomic E-state index is -0.188. The zero-order valence-electron chi connectivity index (χ0n) is 20.2. The van der Waals surface area contributed by atoms with Crippen LogP contribution in [0.3, 0.4) is 0 Å². The quantitative estimate of drug-likeness (QED) is 0.383. The number of nitrogens with zero attached hydrogens (tertiary/aromatic N) is 4. The van der Waals surface area contributed by atoms with Gasteiger partial charge < -0.3 is 15.5 Å². The van der Waals surface area contributed by atoms with Crippen LogP contribution in [-0.2, 0) is 0 Å². The molecule has 3 heterocycles. The van der Waals surface area contributed by atoms with Crippen LogP contribution in [0.2, 0.25) is 0 Å². The van der Waals surface area contributed by atoms with Crippen LogP contribution in [0.25, 0.3) is 21.8 Å². The molecule has 36 heavy (non-hydrogen) atoms. The van der Waals surface area contributed by atoms with E-state index in [4.69, 9.17) is 4.98 Å². The molecule has 6 rings (SSSR count). The first-order chi connectivity index (χ1) is 17.7. The average molecular weight is 477 g/mol. The first-order valence-corrected chi connectivity index (χ1v) is 12.4. The molecule has 5 aromatic rings. The fourth-order valence-corrected chi connectivity index (χ4v) is 4.90. The monoisotopic (exact) mass is 476 g/mol. The fraction of sp³-hybridized carbons (Fsp3) is 0.207. The van der Waals surface area contributed by atoms with E-state index < -0.39 is 0 Å². The molecule has 0 aliphatic carbocycles. The molecule has 7 heteroatoms. The maximum absolute atomic E-state index is 13.0. The van der Waals surface area contributed by atoms with Crippen molar-refractivity contribution in [3.63, 3.8) is 0 Å². The maximum Gasteiger partial charge on any atom is 0.252 e. The first kappa shape index (κ1) is 22.2. The summed E-state index contributed by atoms with van der Waals surface area (Å²) in [6.45, 7) is 6.06. The van der Waals surface area contributed by atoms with Crippen molar-refractivity contribution in [2.75, 3.05) is 36.4 Å². The van der Waals surface area contributed by atoms with Crippen LogP contribution < -0.4 is 21.1 Å². The van der Waals surface area contributed by atoms with E-state index in [2.05, 4.69) is 63.0 Å². The molecule has 0 radical (unpaired) electrons. The largest absolute Gasteiger partial charge is 0.369 e. The number of hydrogen-bond acceptors (Lipinski definition) is 6. The number of aromatic nitrogens is 3. The summed E-state index contributed by atoms with van der Waals surface area (Å²) >= 11 is 0. The second-order valence-electron chi connectivity index (χ2n) is 9.21. The Kier molecular flexibility index (Phi) is 5.83. The van der Waals surface area contributed by atoms with Gasteiger partial charge in [0.05, 0.1) is 6.04 Å². The molecule has 0 bridgehead atoms. The maximum atomic E-state index is 13.0. The van der Waals surface area contributed by atoms with Gasteiger partial charge in [-0.15, -0.1) is 0 Å². The molecule has 180 valence electrons. The van der Waals surface area contributed by atoms with Gasteiger partial charge in [-0.1, -0.05) is 36.4 Å². The Morgan fingerprint density at radius 2 is 1.64 bits per heavy atom. The van der Waals surface area contributed by atoms with Crippen molar-refractivity contribution in [2.45, 2.75) is 13.0 Å². The van der Waals surface area contributed by atoms with E-state index in [-0.39, 0.29) is 11.6 Å². The summed E-state index contributed by atoms with van der Waals surface area (Å²) in [5.41, 5.74) is 3.69. The second-order valence-corrected chi connectivity index (χ2v) is 9.21. The summed E-state index contributed by atoms with van der Waals surface area (Å²) in [5.74, 6) is 0.461. The lowest BCUT2D eigenvalue weighted by atomic mass is 10.0. The van der Waals surface area contributed by atoms with Crippen LogP contribution in [0.5, 0.6) is 0 Å². The van der Waals surface area contributed by atoms with Crippen LogP contribution in [0, 0.1) is 0 Å². The van der Waals surface area contributed by atoms with Crippen LogP contribution >= 0.6 is 0 Å². The highest BCUT2D eigenvalue weighted by Gasteiger charge is 2.16. The number of benzene rings is 3. The van der Waals surface area contributed by atoms with Crippen LogP contribution in [0.1, 0.15) is 18.5 Å². The Balaban J connectivity index is 1.32. The Hall–Kier alpha value is -4.23. The first-order valence-electron chi connectivity index (χ1n) is 12.4. The molecule has 2 N–H and O–H groups in total. The molecule has 1 unspecified atom stereocenters. The molecule has 1 fully saturated rings. The van der Waals surface area contributed by atoms with Crippen molar-refractivity contribution in [3.8, 4) is 0 Å². The zero-order chi connectivity index (χ0) is 24.5. The number of pyridine rings is 1. The summed E-state index contributed by atoms with van der Waals surface area (Å²) in [6, 6.07) is 26.1. The fourth-order valence-electron chi connectivity index (χ4n) is 4.90. The zero-order valence-corrected chi connectivity index (χ0v) is 20.2. The van der Waals surface area contributed by atoms with E-state index >= 15 is 0 Å². The Morgan fingerprint density at radius 1 is 0.889 bits per heavy atom. The summed E-state index contributed by atoms with van der Waals surface area (Å²) in [6.07, 6.45) is 1.77. The molecule has 1 saturated heterocycles. The molecule has 1 atom stereocenters. The number of anilines is 3. The van der Waals surface area contributed by atoms with Crippen molar-refractivity contribution >= 4 is 39.1 Å². The van der Waals surface area contributed by atoms with E-state index in [0.717, 1.165) is 48.2 Å². The van der Waals surface area contributed by atoms with Gasteiger partial charge in [0.1, 0.15) is 5.65 Å². The Morgan fingerprint density at radius 3 is 2.44 bits per heavy atom. The lowest BCUT2D eigenvalue weighted by molar-refractivity contribution is 0.589. The number of fused-ring (bicyclic) bond motifs is 2. The lowest BCUT2D eigenvalue weighted by Gasteiger charge is -2.29. The minimum Gasteiger partial charge on any atom is -0.369 e. The third-order valence-electron chi connectivity index (χ3n) is 6.92. The van der Waals surface area contributed by atoms with E-state index in [1.807, 2.05) is 31.2 Å². The summed E-state index contributed by atoms with van der Waals surface area (Å²) < 4.78 is 1.75. The molecule has 0 amide bonds. The van der Waals surface area contributed by atoms with Gasteiger partial charge >= 0.3 is 0 Å². The van der Waals surface area contributed by atoms with E-state index in [1.54, 1.807) is 22.9 Å². The van der Waals surface area contributed by atoms with Gasteiger partial charge in [-0.05, 0) is 59.7 Å². The molecular weight excluding hydrogens is 448 g/mol. The summed E-state index contributed by atoms with van der Waals surface area (Å²) in [7, 11) is 0. The van der Waals surface area contributed by atoms with Gasteiger partial charge in [0, 0.05) is 55.2 Å². The van der Waals surface area contributed by atoms with Gasteiger partial charge in [-0.3, -0.25) is 9.36 Å². The van der Waals surface area contributed by atoms with Crippen molar-refractivity contribution in [1.82, 2.24) is 19.9 Å². The molecule has 1 aliphatic rings. The number of hydrogen-bond donors (Lipinski definition) is 2. The smallest absolute Gasteiger partial charge is 0.252 e. The van der Waals surface area contributed by atoms with Gasteiger partial charge in [0.2, 0.25) is 5.95 Å². The highest BCUT2D eigenvalue weighted by molar-refractivity contribution is 5.83. The van der Waals surface area contributed by atoms with Crippen molar-refractivity contribution in [2.24, 2.45) is 0 Å². The molecular formula is C29H28N6O. The number of nitrogens with one attached hydrogen (secondary N) is 2. The third-order valence-corrected chi connectivity index (χ3v) is 6.92. The predicted molar refractivity (Wildman–Crippen MR) is 146 cm³/mol. The molecule has 2 aromatic heterocycles. The minimum absolute atomic E-state index is 0.0896. The molecule has 3 aromatic carbocycles. The molecule has 7 nitrogen and oxygen atoms in total. The number of piperazine rings is 1. The molecule has 1 aliphatic heterocycles. The Labute approximate surface area is 209 Å². The van der Waals surface area contributed by atoms with E-state index in [1.165, 1.54) is 11.1 Å². The lowest BCUT2D eigenvalue weighted by Crippen LogP contribution is -2.43. The SMILES string of the molecule is CC(c1ccc2ccccc2c1)n1c(=O)ccc2cnc(Nc3ccc(N4CCNCC4)cc3)nc21. The van der Waals surface area contributed by atoms with Crippen molar-refractivity contribution in [1.29, 1.82) is 0 Å². The topological polar surface area (TPSA) is 75.1 Å². The van der Waals surface area contributed by atoms with Crippen molar-refractivity contribution < 1.29 is 0 Å². The van der Waals surface area contributed by atoms with Gasteiger partial charge in [0.25, 0.3) is 5.56 Å². The molecule has 0 spiro atoms. The standard InChI is InChI=1S/C29H28N6O/c1-20(22-7-6-21-4-2-3-5-23(21)18-22)35-27(36)13-8-24-19-31-29(33-28(24)35)32-25-9-11-26(12-10-25)34-16-14-30-15-17-34/h2-13,18-20,30H,14-17H2,1H3,(H,31,32,33). The van der Waals surface area contributed by atoms with Crippen LogP contribution in [0.4, 0.5) is 17.3 Å². The van der Waals surface area contributed by atoms with Gasteiger partial charge in [-0.25, -0.2) is 4.98 Å². The summed E-state index contributed by atoms with van der Waals surface area (Å²) in [4.78, 5) is 24.7. The van der Waals surface area contributed by atoms with Crippen LogP contribution in [0.15, 0.2) is 89.9 Å². The van der Waals surface area contributed by atoms with Crippen LogP contribution in [-0.4, -0.2) is 40.7 Å². The normalized spacial score (nSPS) is 14.8. The number of rotatable bonds is 5. The second kappa shape index (κ2) is 9.43. The Bertz CT molecular complexity index is 1590. The van der Waals surface area contributed by atoms with E-state index in [9.17, 15) is 4.79 Å². The predicted octanol–water partition coefficient (Wildman–Crippen LogP) is 4.71. The highest BCUT2D eigenvalue weighted by atomic mass is 16.1. The molecule has 0 saturated carbocycles. The summed E-state index contributed by atoms with van der Waals surface area (Å²) in [5, 5.41) is 9.84. The average Bonchev–Trinajstić information content (AvgIpc) is 2.93. The highest BCUT2D eigenvalue weighted by Crippen LogP contribution is 2.26. The van der Waals surface area contributed by atoms with Gasteiger partial charge in [-0.2, -0.15) is 4.98 Å².